The van der Waals surface area contributed by atoms with Crippen LogP contribution in [0.15, 0.2) is 45.2 Å². The molecule has 3 heterocycles. The van der Waals surface area contributed by atoms with Crippen molar-refractivity contribution in [1.82, 2.24) is 10.2 Å². The summed E-state index contributed by atoms with van der Waals surface area (Å²) in [6, 6.07) is 6.85. The van der Waals surface area contributed by atoms with E-state index < -0.39 is 17.1 Å². The first-order chi connectivity index (χ1) is 11.5. The minimum absolute atomic E-state index is 0.308. The number of rotatable bonds is 5. The van der Waals surface area contributed by atoms with E-state index in [2.05, 4.69) is 5.32 Å². The van der Waals surface area contributed by atoms with E-state index in [9.17, 15) is 14.4 Å². The molecule has 0 spiro atoms. The molecule has 1 saturated heterocycles. The van der Waals surface area contributed by atoms with Crippen molar-refractivity contribution in [3.63, 3.8) is 0 Å². The Bertz CT molecular complexity index is 781. The highest BCUT2D eigenvalue weighted by Gasteiger charge is 2.36. The lowest BCUT2D eigenvalue weighted by molar-refractivity contribution is -0.129. The van der Waals surface area contributed by atoms with Crippen LogP contribution in [-0.2, 0) is 9.59 Å². The molecule has 8 heteroatoms. The molecule has 2 aromatic heterocycles. The zero-order valence-electron chi connectivity index (χ0n) is 12.7. The van der Waals surface area contributed by atoms with Gasteiger partial charge >= 0.3 is 0 Å². The first-order valence-electron chi connectivity index (χ1n) is 7.16. The second kappa shape index (κ2) is 7.06. The third-order valence-electron chi connectivity index (χ3n) is 3.34. The fourth-order valence-corrected chi connectivity index (χ4v) is 3.74. The smallest absolute Gasteiger partial charge is 0.294 e. The normalized spacial score (nSPS) is 17.5. The topological polar surface area (TPSA) is 79.6 Å². The van der Waals surface area contributed by atoms with Gasteiger partial charge < -0.3 is 9.73 Å². The molecule has 1 aliphatic heterocycles. The molecule has 3 amide bonds. The number of amides is 3. The zero-order valence-corrected chi connectivity index (χ0v) is 14.4. The van der Waals surface area contributed by atoms with Crippen molar-refractivity contribution in [2.75, 3.05) is 6.54 Å². The number of thioether (sulfide) groups is 1. The first kappa shape index (κ1) is 16.5. The number of hydrogen-bond donors (Lipinski definition) is 1. The van der Waals surface area contributed by atoms with Gasteiger partial charge in [0.05, 0.1) is 17.2 Å². The zero-order chi connectivity index (χ0) is 17.1. The number of carbonyl (C=O) groups is 3. The quantitative estimate of drug-likeness (QED) is 0.826. The van der Waals surface area contributed by atoms with Crippen molar-refractivity contribution in [3.05, 3.63) is 51.5 Å². The molecule has 6 nitrogen and oxygen atoms in total. The van der Waals surface area contributed by atoms with Gasteiger partial charge in [-0.25, -0.2) is 0 Å². The Labute approximate surface area is 146 Å². The highest BCUT2D eigenvalue weighted by atomic mass is 32.2. The Morgan fingerprint density at radius 3 is 2.88 bits per heavy atom. The largest absolute Gasteiger partial charge is 0.467 e. The molecule has 0 saturated carbocycles. The van der Waals surface area contributed by atoms with Crippen LogP contribution in [0.1, 0.15) is 23.6 Å². The van der Waals surface area contributed by atoms with Crippen molar-refractivity contribution in [1.29, 1.82) is 0 Å². The monoisotopic (exact) mass is 362 g/mol. The predicted octanol–water partition coefficient (Wildman–Crippen LogP) is 3.25. The molecule has 0 aromatic carbocycles. The Kier molecular flexibility index (Phi) is 4.86. The molecule has 2 aromatic rings. The summed E-state index contributed by atoms with van der Waals surface area (Å²) in [6.45, 7) is 1.46. The molecule has 3 rings (SSSR count). The van der Waals surface area contributed by atoms with Crippen molar-refractivity contribution in [2.24, 2.45) is 0 Å². The number of thiophene rings is 1. The SMILES string of the molecule is CC(NC(=O)CN1C(=O)S/C(=C\c2cccs2)C1=O)c1ccco1. The Hall–Kier alpha value is -2.32. The van der Waals surface area contributed by atoms with Crippen molar-refractivity contribution < 1.29 is 18.8 Å². The van der Waals surface area contributed by atoms with Crippen LogP contribution in [0.25, 0.3) is 6.08 Å². The van der Waals surface area contributed by atoms with Crippen LogP contribution in [-0.4, -0.2) is 28.5 Å². The predicted molar refractivity (Wildman–Crippen MR) is 92.3 cm³/mol. The van der Waals surface area contributed by atoms with E-state index in [1.165, 1.54) is 17.6 Å². The highest BCUT2D eigenvalue weighted by molar-refractivity contribution is 8.18. The summed E-state index contributed by atoms with van der Waals surface area (Å²) in [6.07, 6.45) is 3.18. The summed E-state index contributed by atoms with van der Waals surface area (Å²) >= 11 is 2.32. The molecule has 24 heavy (non-hydrogen) atoms. The van der Waals surface area contributed by atoms with Gasteiger partial charge in [-0.1, -0.05) is 6.07 Å². The lowest BCUT2D eigenvalue weighted by Crippen LogP contribution is -2.40. The van der Waals surface area contributed by atoms with Crippen molar-refractivity contribution in [3.8, 4) is 0 Å². The molecule has 1 aliphatic rings. The maximum Gasteiger partial charge on any atom is 0.294 e. The van der Waals surface area contributed by atoms with Crippen LogP contribution >= 0.6 is 23.1 Å². The Morgan fingerprint density at radius 2 is 2.21 bits per heavy atom. The van der Waals surface area contributed by atoms with E-state index in [-0.39, 0.29) is 12.6 Å². The third kappa shape index (κ3) is 3.60. The number of furan rings is 1. The lowest BCUT2D eigenvalue weighted by Gasteiger charge is -2.15. The Balaban J connectivity index is 1.63. The summed E-state index contributed by atoms with van der Waals surface area (Å²) in [5, 5.41) is 4.15. The molecule has 0 bridgehead atoms. The van der Waals surface area contributed by atoms with Crippen LogP contribution in [0.2, 0.25) is 0 Å². The fraction of sp³-hybridized carbons (Fsp3) is 0.188. The lowest BCUT2D eigenvalue weighted by atomic mass is 10.2. The molecular formula is C16H14N2O4S2. The Morgan fingerprint density at radius 1 is 1.38 bits per heavy atom. The summed E-state index contributed by atoms with van der Waals surface area (Å²) < 4.78 is 5.21. The molecule has 0 radical (unpaired) electrons. The van der Waals surface area contributed by atoms with E-state index in [0.717, 1.165) is 21.5 Å². The number of nitrogens with zero attached hydrogens (tertiary/aromatic N) is 1. The first-order valence-corrected chi connectivity index (χ1v) is 8.86. The van der Waals surface area contributed by atoms with Gasteiger partial charge in [-0.3, -0.25) is 19.3 Å². The molecule has 1 atom stereocenters. The van der Waals surface area contributed by atoms with Crippen molar-refractivity contribution in [2.45, 2.75) is 13.0 Å². The van der Waals surface area contributed by atoms with E-state index in [0.29, 0.717) is 10.7 Å². The van der Waals surface area contributed by atoms with Crippen LogP contribution in [0, 0.1) is 0 Å². The molecule has 1 N–H and O–H groups in total. The van der Waals surface area contributed by atoms with Crippen LogP contribution in [0.5, 0.6) is 0 Å². The molecule has 1 fully saturated rings. The van der Waals surface area contributed by atoms with E-state index in [1.54, 1.807) is 25.1 Å². The highest BCUT2D eigenvalue weighted by Crippen LogP contribution is 2.32. The number of hydrogen-bond acceptors (Lipinski definition) is 6. The summed E-state index contributed by atoms with van der Waals surface area (Å²) in [7, 11) is 0. The minimum atomic E-state index is -0.445. The maximum absolute atomic E-state index is 12.3. The summed E-state index contributed by atoms with van der Waals surface area (Å²) in [5.74, 6) is -0.257. The van der Waals surface area contributed by atoms with E-state index in [1.807, 2.05) is 17.5 Å². The second-order valence-electron chi connectivity index (χ2n) is 5.09. The average Bonchev–Trinajstić information content (AvgIpc) is 3.27. The molecular weight excluding hydrogens is 348 g/mol. The number of imide groups is 1. The van der Waals surface area contributed by atoms with Gasteiger partial charge in [0, 0.05) is 4.88 Å². The van der Waals surface area contributed by atoms with Gasteiger partial charge in [0.2, 0.25) is 5.91 Å². The van der Waals surface area contributed by atoms with E-state index >= 15 is 0 Å². The summed E-state index contributed by atoms with van der Waals surface area (Å²) in [5.41, 5.74) is 0. The minimum Gasteiger partial charge on any atom is -0.467 e. The van der Waals surface area contributed by atoms with Crippen LogP contribution < -0.4 is 5.32 Å². The van der Waals surface area contributed by atoms with Crippen LogP contribution in [0.3, 0.4) is 0 Å². The molecule has 0 aliphatic carbocycles. The fourth-order valence-electron chi connectivity index (χ4n) is 2.18. The number of carbonyl (C=O) groups excluding carboxylic acids is 3. The molecule has 124 valence electrons. The summed E-state index contributed by atoms with van der Waals surface area (Å²) in [4.78, 5) is 38.6. The standard InChI is InChI=1S/C16H14N2O4S2/c1-10(12-5-2-6-22-12)17-14(19)9-18-15(20)13(24-16(18)21)8-11-4-3-7-23-11/h2-8,10H,9H2,1H3,(H,17,19)/b13-8-. The average molecular weight is 362 g/mol. The van der Waals surface area contributed by atoms with Gasteiger partial charge in [0.25, 0.3) is 11.1 Å². The maximum atomic E-state index is 12.3. The van der Waals surface area contributed by atoms with Gasteiger partial charge in [-0.05, 0) is 48.3 Å². The van der Waals surface area contributed by atoms with Gasteiger partial charge in [0.15, 0.2) is 0 Å². The van der Waals surface area contributed by atoms with Gasteiger partial charge in [-0.2, -0.15) is 0 Å². The van der Waals surface area contributed by atoms with Crippen molar-refractivity contribution >= 4 is 46.2 Å². The van der Waals surface area contributed by atoms with Gasteiger partial charge in [0.1, 0.15) is 12.3 Å². The van der Waals surface area contributed by atoms with E-state index in [4.69, 9.17) is 4.42 Å². The number of nitrogens with one attached hydrogen (secondary N) is 1. The van der Waals surface area contributed by atoms with Gasteiger partial charge in [-0.15, -0.1) is 11.3 Å². The third-order valence-corrected chi connectivity index (χ3v) is 5.07. The van der Waals surface area contributed by atoms with Crippen LogP contribution in [0.4, 0.5) is 4.79 Å². The second-order valence-corrected chi connectivity index (χ2v) is 7.06. The molecule has 1 unspecified atom stereocenters.